The second-order valence-electron chi connectivity index (χ2n) is 4.57. The van der Waals surface area contributed by atoms with E-state index < -0.39 is 0 Å². The number of ether oxygens (including phenoxy) is 2. The molecule has 2 rings (SSSR count). The number of hydrogen-bond acceptors (Lipinski definition) is 3. The number of rotatable bonds is 6. The van der Waals surface area contributed by atoms with Crippen LogP contribution in [0.2, 0.25) is 0 Å². The maximum Gasteiger partial charge on any atom is 0.189 e. The summed E-state index contributed by atoms with van der Waals surface area (Å²) >= 11 is 0. The molecule has 0 heterocycles. The fourth-order valence-corrected chi connectivity index (χ4v) is 1.85. The van der Waals surface area contributed by atoms with Crippen molar-refractivity contribution in [2.75, 3.05) is 6.79 Å². The first-order valence-electron chi connectivity index (χ1n) is 6.46. The molecule has 0 spiro atoms. The van der Waals surface area contributed by atoms with E-state index in [9.17, 15) is 4.39 Å². The number of benzene rings is 2. The van der Waals surface area contributed by atoms with Gasteiger partial charge in [0, 0.05) is 11.6 Å². The smallest absolute Gasteiger partial charge is 0.189 e. The number of halogens is 1. The fourth-order valence-electron chi connectivity index (χ4n) is 1.85. The SMILES string of the molecule is CC(N)c1cc(F)ccc1OCOCc1ccccc1. The lowest BCUT2D eigenvalue weighted by Gasteiger charge is -2.14. The van der Waals surface area contributed by atoms with Gasteiger partial charge >= 0.3 is 0 Å². The molecule has 0 amide bonds. The van der Waals surface area contributed by atoms with Gasteiger partial charge in [-0.15, -0.1) is 0 Å². The standard InChI is InChI=1S/C16H18FNO2/c1-12(18)15-9-14(17)7-8-16(15)20-11-19-10-13-5-3-2-4-6-13/h2-9,12H,10-11,18H2,1H3. The molecule has 4 heteroatoms. The lowest BCUT2D eigenvalue weighted by Crippen LogP contribution is -2.10. The van der Waals surface area contributed by atoms with E-state index in [0.717, 1.165) is 5.56 Å². The summed E-state index contributed by atoms with van der Waals surface area (Å²) in [5, 5.41) is 0. The van der Waals surface area contributed by atoms with E-state index in [0.29, 0.717) is 17.9 Å². The maximum absolute atomic E-state index is 13.2. The molecule has 0 saturated carbocycles. The summed E-state index contributed by atoms with van der Waals surface area (Å²) in [5.41, 5.74) is 7.50. The Balaban J connectivity index is 1.88. The Bertz CT molecular complexity index is 543. The third-order valence-electron chi connectivity index (χ3n) is 2.87. The van der Waals surface area contributed by atoms with Crippen molar-refractivity contribution in [1.82, 2.24) is 0 Å². The Labute approximate surface area is 118 Å². The van der Waals surface area contributed by atoms with Gasteiger partial charge in [0.2, 0.25) is 0 Å². The highest BCUT2D eigenvalue weighted by Crippen LogP contribution is 2.24. The van der Waals surface area contributed by atoms with Gasteiger partial charge in [-0.2, -0.15) is 0 Å². The summed E-state index contributed by atoms with van der Waals surface area (Å²) in [6.07, 6.45) is 0. The summed E-state index contributed by atoms with van der Waals surface area (Å²) in [7, 11) is 0. The Morgan fingerprint density at radius 1 is 1.15 bits per heavy atom. The monoisotopic (exact) mass is 275 g/mol. The molecule has 0 aromatic heterocycles. The zero-order valence-electron chi connectivity index (χ0n) is 11.4. The molecule has 0 aliphatic carbocycles. The summed E-state index contributed by atoms with van der Waals surface area (Å²) in [6, 6.07) is 13.8. The minimum atomic E-state index is -0.324. The molecule has 2 aromatic rings. The van der Waals surface area contributed by atoms with Gasteiger partial charge in [-0.05, 0) is 30.7 Å². The summed E-state index contributed by atoms with van der Waals surface area (Å²) < 4.78 is 24.1. The van der Waals surface area contributed by atoms with Crippen molar-refractivity contribution >= 4 is 0 Å². The molecule has 1 atom stereocenters. The highest BCUT2D eigenvalue weighted by atomic mass is 19.1. The van der Waals surface area contributed by atoms with Crippen molar-refractivity contribution in [2.24, 2.45) is 5.73 Å². The molecule has 0 saturated heterocycles. The second-order valence-corrected chi connectivity index (χ2v) is 4.57. The number of nitrogens with two attached hydrogens (primary N) is 1. The quantitative estimate of drug-likeness (QED) is 0.649. The van der Waals surface area contributed by atoms with E-state index in [-0.39, 0.29) is 18.7 Å². The normalized spacial score (nSPS) is 12.2. The molecule has 0 bridgehead atoms. The van der Waals surface area contributed by atoms with Crippen LogP contribution in [0.3, 0.4) is 0 Å². The maximum atomic E-state index is 13.2. The van der Waals surface area contributed by atoms with E-state index in [4.69, 9.17) is 15.2 Å². The molecule has 2 aromatic carbocycles. The highest BCUT2D eigenvalue weighted by Gasteiger charge is 2.09. The van der Waals surface area contributed by atoms with Crippen LogP contribution < -0.4 is 10.5 Å². The first-order chi connectivity index (χ1) is 9.66. The van der Waals surface area contributed by atoms with Crippen LogP contribution in [0.25, 0.3) is 0 Å². The molecular formula is C16H18FNO2. The van der Waals surface area contributed by atoms with Crippen molar-refractivity contribution in [3.63, 3.8) is 0 Å². The van der Waals surface area contributed by atoms with Crippen molar-refractivity contribution in [2.45, 2.75) is 19.6 Å². The molecule has 1 unspecified atom stereocenters. The predicted molar refractivity (Wildman–Crippen MR) is 75.7 cm³/mol. The first kappa shape index (κ1) is 14.5. The molecule has 0 fully saturated rings. The minimum absolute atomic E-state index is 0.0975. The van der Waals surface area contributed by atoms with Gasteiger partial charge in [0.1, 0.15) is 11.6 Å². The van der Waals surface area contributed by atoms with Crippen LogP contribution in [-0.2, 0) is 11.3 Å². The van der Waals surface area contributed by atoms with Crippen molar-refractivity contribution in [3.8, 4) is 5.75 Å². The topological polar surface area (TPSA) is 44.5 Å². The zero-order chi connectivity index (χ0) is 14.4. The number of hydrogen-bond donors (Lipinski definition) is 1. The van der Waals surface area contributed by atoms with Gasteiger partial charge in [-0.25, -0.2) is 4.39 Å². The predicted octanol–water partition coefficient (Wildman–Crippen LogP) is 3.40. The molecule has 3 nitrogen and oxygen atoms in total. The largest absolute Gasteiger partial charge is 0.467 e. The van der Waals surface area contributed by atoms with E-state index in [1.807, 2.05) is 30.3 Å². The second kappa shape index (κ2) is 7.03. The van der Waals surface area contributed by atoms with Crippen LogP contribution in [0.5, 0.6) is 5.75 Å². The average Bonchev–Trinajstić information content (AvgIpc) is 2.45. The van der Waals surface area contributed by atoms with Crippen LogP contribution in [-0.4, -0.2) is 6.79 Å². The van der Waals surface area contributed by atoms with Crippen molar-refractivity contribution < 1.29 is 13.9 Å². The van der Waals surface area contributed by atoms with Crippen LogP contribution in [0.1, 0.15) is 24.1 Å². The third kappa shape index (κ3) is 4.05. The Kier molecular flexibility index (Phi) is 5.09. The highest BCUT2D eigenvalue weighted by molar-refractivity contribution is 5.35. The average molecular weight is 275 g/mol. The molecule has 0 aliphatic heterocycles. The molecular weight excluding hydrogens is 257 g/mol. The van der Waals surface area contributed by atoms with E-state index >= 15 is 0 Å². The first-order valence-corrected chi connectivity index (χ1v) is 6.46. The van der Waals surface area contributed by atoms with Gasteiger partial charge < -0.3 is 15.2 Å². The van der Waals surface area contributed by atoms with Crippen molar-refractivity contribution in [1.29, 1.82) is 0 Å². The Hall–Kier alpha value is -1.91. The zero-order valence-corrected chi connectivity index (χ0v) is 11.4. The molecule has 106 valence electrons. The Morgan fingerprint density at radius 2 is 1.90 bits per heavy atom. The van der Waals surface area contributed by atoms with Gasteiger partial charge in [-0.1, -0.05) is 30.3 Å². The molecule has 20 heavy (non-hydrogen) atoms. The van der Waals surface area contributed by atoms with Crippen LogP contribution >= 0.6 is 0 Å². The molecule has 0 radical (unpaired) electrons. The van der Waals surface area contributed by atoms with Crippen LogP contribution in [0, 0.1) is 5.82 Å². The van der Waals surface area contributed by atoms with Gasteiger partial charge in [-0.3, -0.25) is 0 Å². The third-order valence-corrected chi connectivity index (χ3v) is 2.87. The minimum Gasteiger partial charge on any atom is -0.467 e. The van der Waals surface area contributed by atoms with E-state index in [1.54, 1.807) is 13.0 Å². The molecule has 0 aliphatic rings. The summed E-state index contributed by atoms with van der Waals surface area (Å²) in [4.78, 5) is 0. The van der Waals surface area contributed by atoms with Gasteiger partial charge in [0.25, 0.3) is 0 Å². The summed E-state index contributed by atoms with van der Waals surface area (Å²) in [6.45, 7) is 2.35. The van der Waals surface area contributed by atoms with E-state index in [1.165, 1.54) is 12.1 Å². The lowest BCUT2D eigenvalue weighted by molar-refractivity contribution is 0.00436. The summed E-state index contributed by atoms with van der Waals surface area (Å²) in [5.74, 6) is 0.226. The van der Waals surface area contributed by atoms with E-state index in [2.05, 4.69) is 0 Å². The van der Waals surface area contributed by atoms with Gasteiger partial charge in [0.15, 0.2) is 6.79 Å². The molecule has 2 N–H and O–H groups in total. The fraction of sp³-hybridized carbons (Fsp3) is 0.250. The van der Waals surface area contributed by atoms with Crippen LogP contribution in [0.4, 0.5) is 4.39 Å². The lowest BCUT2D eigenvalue weighted by atomic mass is 10.1. The Morgan fingerprint density at radius 3 is 2.60 bits per heavy atom. The van der Waals surface area contributed by atoms with Crippen LogP contribution in [0.15, 0.2) is 48.5 Å². The van der Waals surface area contributed by atoms with Crippen molar-refractivity contribution in [3.05, 3.63) is 65.5 Å². The van der Waals surface area contributed by atoms with Gasteiger partial charge in [0.05, 0.1) is 6.61 Å².